The SMILES string of the molecule is COc1ccc(C=C2C(=O)Nc3ccc(Br)cc32)cc1C(C)C.COc1ccc(C=O)cc1C(C)C. The van der Waals surface area contributed by atoms with Crippen LogP contribution in [0, 0.1) is 0 Å². The highest BCUT2D eigenvalue weighted by Gasteiger charge is 2.24. The van der Waals surface area contributed by atoms with E-state index in [0.717, 1.165) is 50.2 Å². The van der Waals surface area contributed by atoms with Crippen molar-refractivity contribution >= 4 is 45.5 Å². The minimum absolute atomic E-state index is 0.0694. The molecule has 3 aromatic carbocycles. The van der Waals surface area contributed by atoms with Gasteiger partial charge in [-0.25, -0.2) is 0 Å². The van der Waals surface area contributed by atoms with Gasteiger partial charge in [0.15, 0.2) is 0 Å². The summed E-state index contributed by atoms with van der Waals surface area (Å²) in [7, 11) is 3.32. The van der Waals surface area contributed by atoms with Crippen molar-refractivity contribution in [3.05, 3.63) is 86.9 Å². The molecular weight excluding hydrogens is 518 g/mol. The second-order valence-electron chi connectivity index (χ2n) is 9.13. The molecule has 1 heterocycles. The summed E-state index contributed by atoms with van der Waals surface area (Å²) < 4.78 is 11.6. The molecule has 0 saturated carbocycles. The van der Waals surface area contributed by atoms with Gasteiger partial charge in [-0.05, 0) is 83.1 Å². The van der Waals surface area contributed by atoms with Crippen LogP contribution < -0.4 is 14.8 Å². The van der Waals surface area contributed by atoms with E-state index in [2.05, 4.69) is 55.0 Å². The van der Waals surface area contributed by atoms with Gasteiger partial charge in [-0.2, -0.15) is 0 Å². The van der Waals surface area contributed by atoms with E-state index in [1.165, 1.54) is 0 Å². The van der Waals surface area contributed by atoms with Crippen LogP contribution in [0.3, 0.4) is 0 Å². The number of benzene rings is 3. The van der Waals surface area contributed by atoms with Crippen LogP contribution in [-0.2, 0) is 4.79 Å². The van der Waals surface area contributed by atoms with Crippen LogP contribution >= 0.6 is 15.9 Å². The number of carbonyl (C=O) groups excluding carboxylic acids is 2. The maximum atomic E-state index is 12.3. The molecule has 0 bridgehead atoms. The second-order valence-corrected chi connectivity index (χ2v) is 10.0. The highest BCUT2D eigenvalue weighted by atomic mass is 79.9. The van der Waals surface area contributed by atoms with Gasteiger partial charge in [-0.15, -0.1) is 0 Å². The number of aldehydes is 1. The molecule has 1 N–H and O–H groups in total. The molecule has 3 aromatic rings. The van der Waals surface area contributed by atoms with Crippen molar-refractivity contribution in [3.8, 4) is 11.5 Å². The molecule has 0 fully saturated rings. The zero-order valence-electron chi connectivity index (χ0n) is 21.5. The average molecular weight is 550 g/mol. The van der Waals surface area contributed by atoms with Crippen molar-refractivity contribution in [2.24, 2.45) is 0 Å². The van der Waals surface area contributed by atoms with Gasteiger partial charge < -0.3 is 14.8 Å². The number of hydrogen-bond acceptors (Lipinski definition) is 4. The fourth-order valence-corrected chi connectivity index (χ4v) is 4.40. The van der Waals surface area contributed by atoms with Gasteiger partial charge in [0.25, 0.3) is 5.91 Å². The van der Waals surface area contributed by atoms with Crippen LogP contribution in [0.1, 0.15) is 72.1 Å². The number of hydrogen-bond donors (Lipinski definition) is 1. The number of fused-ring (bicyclic) bond motifs is 1. The van der Waals surface area contributed by atoms with E-state index in [9.17, 15) is 9.59 Å². The Balaban J connectivity index is 0.000000236. The van der Waals surface area contributed by atoms with Crippen LogP contribution in [0.15, 0.2) is 59.1 Å². The fourth-order valence-electron chi connectivity index (χ4n) is 4.04. The third kappa shape index (κ3) is 6.24. The van der Waals surface area contributed by atoms with Crippen molar-refractivity contribution in [2.75, 3.05) is 19.5 Å². The third-order valence-electron chi connectivity index (χ3n) is 5.96. The summed E-state index contributed by atoms with van der Waals surface area (Å²) in [5, 5.41) is 2.90. The van der Waals surface area contributed by atoms with E-state index in [-0.39, 0.29) is 5.91 Å². The Kier molecular flexibility index (Phi) is 9.10. The molecule has 4 rings (SSSR count). The lowest BCUT2D eigenvalue weighted by Gasteiger charge is -2.12. The van der Waals surface area contributed by atoms with Gasteiger partial charge in [0, 0.05) is 26.9 Å². The standard InChI is InChI=1S/C19H18BrNO2.C11H14O2/c1-11(2)14-8-12(4-7-18(14)23-3)9-16-15-10-13(20)5-6-17(15)21-19(16)22;1-8(2)10-6-9(7-12)4-5-11(10)13-3/h4-11H,1-3H3,(H,21,22);4-8H,1-3H3. The van der Waals surface area contributed by atoms with Crippen molar-refractivity contribution in [1.29, 1.82) is 0 Å². The minimum atomic E-state index is -0.0694. The quantitative estimate of drug-likeness (QED) is 0.252. The molecule has 0 saturated heterocycles. The van der Waals surface area contributed by atoms with Crippen LogP contribution in [0.5, 0.6) is 11.5 Å². The van der Waals surface area contributed by atoms with E-state index >= 15 is 0 Å². The zero-order chi connectivity index (χ0) is 26.4. The first kappa shape index (κ1) is 27.2. The predicted molar refractivity (Wildman–Crippen MR) is 150 cm³/mol. The highest BCUT2D eigenvalue weighted by molar-refractivity contribution is 9.10. The molecule has 0 atom stereocenters. The minimum Gasteiger partial charge on any atom is -0.496 e. The second kappa shape index (κ2) is 12.0. The first-order valence-electron chi connectivity index (χ1n) is 11.8. The summed E-state index contributed by atoms with van der Waals surface area (Å²) in [4.78, 5) is 22.8. The maximum Gasteiger partial charge on any atom is 0.256 e. The number of amides is 1. The Bertz CT molecular complexity index is 1290. The van der Waals surface area contributed by atoms with Gasteiger partial charge in [0.05, 0.1) is 14.2 Å². The lowest BCUT2D eigenvalue weighted by molar-refractivity contribution is -0.110. The number of halogens is 1. The van der Waals surface area contributed by atoms with Crippen molar-refractivity contribution in [2.45, 2.75) is 39.5 Å². The molecular formula is C30H32BrNO4. The van der Waals surface area contributed by atoms with Crippen LogP contribution in [0.25, 0.3) is 11.6 Å². The van der Waals surface area contributed by atoms with Gasteiger partial charge in [-0.1, -0.05) is 49.7 Å². The molecule has 0 aliphatic carbocycles. The van der Waals surface area contributed by atoms with Crippen LogP contribution in [-0.4, -0.2) is 26.4 Å². The smallest absolute Gasteiger partial charge is 0.256 e. The summed E-state index contributed by atoms with van der Waals surface area (Å²) in [5.74, 6) is 2.37. The number of methoxy groups -OCH3 is 2. The molecule has 36 heavy (non-hydrogen) atoms. The molecule has 188 valence electrons. The molecule has 6 heteroatoms. The predicted octanol–water partition coefficient (Wildman–Crippen LogP) is 7.70. The summed E-state index contributed by atoms with van der Waals surface area (Å²) in [6.45, 7) is 8.41. The Morgan fingerprint density at radius 1 is 0.806 bits per heavy atom. The molecule has 1 amide bonds. The molecule has 1 aliphatic heterocycles. The van der Waals surface area contributed by atoms with Crippen molar-refractivity contribution in [1.82, 2.24) is 0 Å². The monoisotopic (exact) mass is 549 g/mol. The van der Waals surface area contributed by atoms with E-state index in [1.54, 1.807) is 20.3 Å². The molecule has 5 nitrogen and oxygen atoms in total. The van der Waals surface area contributed by atoms with E-state index in [0.29, 0.717) is 23.0 Å². The van der Waals surface area contributed by atoms with Crippen molar-refractivity contribution < 1.29 is 19.1 Å². The Morgan fingerprint density at radius 2 is 1.36 bits per heavy atom. The third-order valence-corrected chi connectivity index (χ3v) is 6.46. The van der Waals surface area contributed by atoms with Crippen LogP contribution in [0.2, 0.25) is 0 Å². The fraction of sp³-hybridized carbons (Fsp3) is 0.267. The lowest BCUT2D eigenvalue weighted by atomic mass is 9.97. The van der Waals surface area contributed by atoms with Gasteiger partial charge in [-0.3, -0.25) is 9.59 Å². The number of rotatable bonds is 6. The van der Waals surface area contributed by atoms with Crippen molar-refractivity contribution in [3.63, 3.8) is 0 Å². The van der Waals surface area contributed by atoms with Crippen LogP contribution in [0.4, 0.5) is 5.69 Å². The number of carbonyl (C=O) groups is 2. The topological polar surface area (TPSA) is 64.6 Å². The average Bonchev–Trinajstić information content (AvgIpc) is 3.17. The van der Waals surface area contributed by atoms with Gasteiger partial charge in [0.2, 0.25) is 0 Å². The Morgan fingerprint density at radius 3 is 1.89 bits per heavy atom. The molecule has 0 radical (unpaired) electrons. The summed E-state index contributed by atoms with van der Waals surface area (Å²) >= 11 is 3.46. The molecule has 0 spiro atoms. The zero-order valence-corrected chi connectivity index (χ0v) is 23.1. The van der Waals surface area contributed by atoms with E-state index < -0.39 is 0 Å². The number of ether oxygens (including phenoxy) is 2. The lowest BCUT2D eigenvalue weighted by Crippen LogP contribution is -2.03. The number of anilines is 1. The largest absolute Gasteiger partial charge is 0.496 e. The normalized spacial score (nSPS) is 13.2. The first-order chi connectivity index (χ1) is 17.2. The number of nitrogens with one attached hydrogen (secondary N) is 1. The molecule has 0 unspecified atom stereocenters. The summed E-state index contributed by atoms with van der Waals surface area (Å²) in [5.41, 5.74) is 6.35. The first-order valence-corrected chi connectivity index (χ1v) is 12.6. The molecule has 0 aromatic heterocycles. The highest BCUT2D eigenvalue weighted by Crippen LogP contribution is 2.36. The van der Waals surface area contributed by atoms with Gasteiger partial charge in [0.1, 0.15) is 17.8 Å². The summed E-state index contributed by atoms with van der Waals surface area (Å²) in [6.07, 6.45) is 2.78. The Hall–Kier alpha value is -3.38. The Labute approximate surface area is 221 Å². The summed E-state index contributed by atoms with van der Waals surface area (Å²) in [6, 6.07) is 17.3. The van der Waals surface area contributed by atoms with E-state index in [4.69, 9.17) is 9.47 Å². The van der Waals surface area contributed by atoms with E-state index in [1.807, 2.05) is 48.5 Å². The van der Waals surface area contributed by atoms with Gasteiger partial charge >= 0.3 is 0 Å². The molecule has 1 aliphatic rings. The maximum absolute atomic E-state index is 12.3.